The zero-order valence-corrected chi connectivity index (χ0v) is 17.0. The Morgan fingerprint density at radius 3 is 2.20 bits per heavy atom. The van der Waals surface area contributed by atoms with Crippen molar-refractivity contribution in [3.8, 4) is 5.75 Å². The summed E-state index contributed by atoms with van der Waals surface area (Å²) in [5, 5.41) is 1.32. The molecule has 2 N–H and O–H groups in total. The quantitative estimate of drug-likeness (QED) is 0.669. The smallest absolute Gasteiger partial charge is 0.119 e. The van der Waals surface area contributed by atoms with E-state index in [-0.39, 0.29) is 0 Å². The summed E-state index contributed by atoms with van der Waals surface area (Å²) in [7, 11) is 1.74. The summed E-state index contributed by atoms with van der Waals surface area (Å²) in [6.45, 7) is 15.3. The summed E-state index contributed by atoms with van der Waals surface area (Å²) in [6, 6.07) is 6.34. The molecule has 1 aromatic heterocycles. The second-order valence-electron chi connectivity index (χ2n) is 8.26. The Balaban J connectivity index is 2.09. The summed E-state index contributed by atoms with van der Waals surface area (Å²) in [5.41, 5.74) is 3.98. The summed E-state index contributed by atoms with van der Waals surface area (Å²) in [4.78, 5) is 5.29. The highest BCUT2D eigenvalue weighted by Crippen LogP contribution is 2.26. The standard InChI is InChI=1S/C22H36N2O/c1-16(2)9-12-24(13-10-17(3)4)14-11-20-18(5)23-22-8-7-19(25-6)15-21(20)22/h7-8,15-17,23H,9-14H2,1-6H3/p+1. The molecular formula is C22H37N2O+. The second kappa shape index (κ2) is 9.28. The van der Waals surface area contributed by atoms with Crippen LogP contribution in [0.3, 0.4) is 0 Å². The number of hydrogen-bond donors (Lipinski definition) is 2. The lowest BCUT2D eigenvalue weighted by Gasteiger charge is -2.21. The van der Waals surface area contributed by atoms with Crippen LogP contribution in [-0.2, 0) is 6.42 Å². The third kappa shape index (κ3) is 5.78. The van der Waals surface area contributed by atoms with Gasteiger partial charge in [0.2, 0.25) is 0 Å². The van der Waals surface area contributed by atoms with Crippen molar-refractivity contribution in [1.82, 2.24) is 4.98 Å². The highest BCUT2D eigenvalue weighted by molar-refractivity contribution is 5.86. The minimum atomic E-state index is 0.785. The van der Waals surface area contributed by atoms with Crippen molar-refractivity contribution in [2.45, 2.75) is 53.9 Å². The zero-order chi connectivity index (χ0) is 18.4. The number of quaternary nitrogens is 1. The first-order chi connectivity index (χ1) is 11.9. The number of H-pyrrole nitrogens is 1. The van der Waals surface area contributed by atoms with E-state index in [0.717, 1.165) is 24.0 Å². The van der Waals surface area contributed by atoms with Crippen molar-refractivity contribution in [3.05, 3.63) is 29.5 Å². The molecule has 3 nitrogen and oxygen atoms in total. The molecule has 1 heterocycles. The van der Waals surface area contributed by atoms with Crippen LogP contribution in [0.1, 0.15) is 51.8 Å². The summed E-state index contributed by atoms with van der Waals surface area (Å²) in [6.07, 6.45) is 3.76. The molecular weight excluding hydrogens is 308 g/mol. The van der Waals surface area contributed by atoms with Crippen molar-refractivity contribution in [1.29, 1.82) is 0 Å². The van der Waals surface area contributed by atoms with Crippen molar-refractivity contribution < 1.29 is 9.64 Å². The maximum atomic E-state index is 5.42. The number of rotatable bonds is 10. The van der Waals surface area contributed by atoms with Crippen LogP contribution in [0.4, 0.5) is 0 Å². The van der Waals surface area contributed by atoms with Gasteiger partial charge in [0, 0.05) is 23.0 Å². The van der Waals surface area contributed by atoms with E-state index in [1.54, 1.807) is 12.0 Å². The lowest BCUT2D eigenvalue weighted by molar-refractivity contribution is -0.901. The average Bonchev–Trinajstić information content (AvgIpc) is 2.88. The third-order valence-corrected chi connectivity index (χ3v) is 5.21. The number of nitrogens with one attached hydrogen (secondary N) is 2. The largest absolute Gasteiger partial charge is 0.497 e. The van der Waals surface area contributed by atoms with Crippen LogP contribution in [0.2, 0.25) is 0 Å². The molecule has 140 valence electrons. The molecule has 0 unspecified atom stereocenters. The number of ether oxygens (including phenoxy) is 1. The fraction of sp³-hybridized carbons (Fsp3) is 0.636. The summed E-state index contributed by atoms with van der Waals surface area (Å²) >= 11 is 0. The molecule has 0 saturated carbocycles. The Kier molecular flexibility index (Phi) is 7.37. The molecule has 0 fully saturated rings. The first-order valence-electron chi connectivity index (χ1n) is 9.89. The molecule has 2 rings (SSSR count). The highest BCUT2D eigenvalue weighted by Gasteiger charge is 2.15. The van der Waals surface area contributed by atoms with Crippen molar-refractivity contribution in [2.24, 2.45) is 11.8 Å². The van der Waals surface area contributed by atoms with Gasteiger partial charge < -0.3 is 14.6 Å². The zero-order valence-electron chi connectivity index (χ0n) is 17.0. The van der Waals surface area contributed by atoms with E-state index in [2.05, 4.69) is 51.7 Å². The molecule has 3 heteroatoms. The van der Waals surface area contributed by atoms with Crippen molar-refractivity contribution in [2.75, 3.05) is 26.7 Å². The van der Waals surface area contributed by atoms with E-state index in [1.165, 1.54) is 54.6 Å². The SMILES string of the molecule is COc1ccc2[nH]c(C)c(CC[NH+](CCC(C)C)CCC(C)C)c2c1. The van der Waals surface area contributed by atoms with Crippen LogP contribution in [0.15, 0.2) is 18.2 Å². The van der Waals surface area contributed by atoms with Gasteiger partial charge in [-0.1, -0.05) is 27.7 Å². The molecule has 2 aromatic rings. The van der Waals surface area contributed by atoms with Gasteiger partial charge in [0.25, 0.3) is 0 Å². The molecule has 0 amide bonds. The van der Waals surface area contributed by atoms with Gasteiger partial charge in [-0.3, -0.25) is 0 Å². The van der Waals surface area contributed by atoms with Gasteiger partial charge in [0.1, 0.15) is 5.75 Å². The van der Waals surface area contributed by atoms with Crippen LogP contribution in [0.5, 0.6) is 5.75 Å². The van der Waals surface area contributed by atoms with E-state index < -0.39 is 0 Å². The maximum absolute atomic E-state index is 5.42. The minimum Gasteiger partial charge on any atom is -0.497 e. The number of hydrogen-bond acceptors (Lipinski definition) is 1. The molecule has 0 radical (unpaired) electrons. The van der Waals surface area contributed by atoms with Gasteiger partial charge in [-0.15, -0.1) is 0 Å². The molecule has 0 aliphatic carbocycles. The second-order valence-corrected chi connectivity index (χ2v) is 8.26. The molecule has 1 aromatic carbocycles. The Labute approximate surface area is 153 Å². The molecule has 0 saturated heterocycles. The minimum absolute atomic E-state index is 0.785. The van der Waals surface area contributed by atoms with E-state index in [0.29, 0.717) is 0 Å². The normalized spacial score (nSPS) is 12.0. The maximum Gasteiger partial charge on any atom is 0.119 e. The topological polar surface area (TPSA) is 29.5 Å². The summed E-state index contributed by atoms with van der Waals surface area (Å²) in [5.74, 6) is 2.51. The number of aromatic nitrogens is 1. The van der Waals surface area contributed by atoms with Gasteiger partial charge in [0.15, 0.2) is 0 Å². The fourth-order valence-corrected chi connectivity index (χ4v) is 3.47. The van der Waals surface area contributed by atoms with Crippen LogP contribution in [-0.4, -0.2) is 31.7 Å². The number of fused-ring (bicyclic) bond motifs is 1. The summed E-state index contributed by atoms with van der Waals surface area (Å²) < 4.78 is 5.42. The van der Waals surface area contributed by atoms with Crippen molar-refractivity contribution >= 4 is 10.9 Å². The first kappa shape index (κ1) is 19.8. The number of benzene rings is 1. The van der Waals surface area contributed by atoms with Gasteiger partial charge in [-0.05, 0) is 55.4 Å². The highest BCUT2D eigenvalue weighted by atomic mass is 16.5. The first-order valence-corrected chi connectivity index (χ1v) is 9.89. The molecule has 0 bridgehead atoms. The Hall–Kier alpha value is -1.48. The predicted octanol–water partition coefficient (Wildman–Crippen LogP) is 4.00. The Morgan fingerprint density at radius 1 is 1.00 bits per heavy atom. The molecule has 0 atom stereocenters. The van der Waals surface area contributed by atoms with E-state index in [9.17, 15) is 0 Å². The Bertz CT molecular complexity index is 645. The monoisotopic (exact) mass is 345 g/mol. The molecule has 0 spiro atoms. The lowest BCUT2D eigenvalue weighted by atomic mass is 10.1. The molecule has 25 heavy (non-hydrogen) atoms. The lowest BCUT2D eigenvalue weighted by Crippen LogP contribution is -3.12. The molecule has 0 aliphatic rings. The Morgan fingerprint density at radius 2 is 1.64 bits per heavy atom. The van der Waals surface area contributed by atoms with E-state index in [4.69, 9.17) is 4.74 Å². The van der Waals surface area contributed by atoms with Gasteiger partial charge >= 0.3 is 0 Å². The van der Waals surface area contributed by atoms with E-state index in [1.807, 2.05) is 6.07 Å². The van der Waals surface area contributed by atoms with Crippen LogP contribution >= 0.6 is 0 Å². The van der Waals surface area contributed by atoms with Crippen LogP contribution < -0.4 is 9.64 Å². The fourth-order valence-electron chi connectivity index (χ4n) is 3.47. The molecule has 0 aliphatic heterocycles. The van der Waals surface area contributed by atoms with Crippen LogP contribution in [0, 0.1) is 18.8 Å². The average molecular weight is 346 g/mol. The number of methoxy groups -OCH3 is 1. The number of aryl methyl sites for hydroxylation is 1. The van der Waals surface area contributed by atoms with Gasteiger partial charge in [0.05, 0.1) is 26.7 Å². The van der Waals surface area contributed by atoms with Gasteiger partial charge in [-0.2, -0.15) is 0 Å². The predicted molar refractivity (Wildman–Crippen MR) is 108 cm³/mol. The van der Waals surface area contributed by atoms with E-state index >= 15 is 0 Å². The van der Waals surface area contributed by atoms with Crippen molar-refractivity contribution in [3.63, 3.8) is 0 Å². The number of aromatic amines is 1. The van der Waals surface area contributed by atoms with Crippen LogP contribution in [0.25, 0.3) is 10.9 Å². The third-order valence-electron chi connectivity index (χ3n) is 5.21. The van der Waals surface area contributed by atoms with Gasteiger partial charge in [-0.25, -0.2) is 0 Å².